The topological polar surface area (TPSA) is 69.0 Å². The van der Waals surface area contributed by atoms with Crippen molar-refractivity contribution in [2.75, 3.05) is 20.3 Å². The molecule has 4 aromatic rings. The number of nitrogens with zero attached hydrogens (tertiary/aromatic N) is 3. The van der Waals surface area contributed by atoms with Gasteiger partial charge in [-0.25, -0.2) is 9.67 Å². The highest BCUT2D eigenvalue weighted by molar-refractivity contribution is 7.13. The predicted molar refractivity (Wildman–Crippen MR) is 111 cm³/mol. The van der Waals surface area contributed by atoms with E-state index in [9.17, 15) is 4.79 Å². The zero-order valence-corrected chi connectivity index (χ0v) is 16.3. The lowest BCUT2D eigenvalue weighted by Gasteiger charge is -2.04. The number of methoxy groups -OCH3 is 1. The van der Waals surface area contributed by atoms with Crippen molar-refractivity contribution in [3.05, 3.63) is 71.4 Å². The van der Waals surface area contributed by atoms with Gasteiger partial charge in [-0.1, -0.05) is 36.4 Å². The number of rotatable bonds is 7. The first-order chi connectivity index (χ1) is 13.8. The summed E-state index contributed by atoms with van der Waals surface area (Å²) >= 11 is 1.63. The molecule has 0 bridgehead atoms. The number of ether oxygens (including phenoxy) is 1. The van der Waals surface area contributed by atoms with Gasteiger partial charge in [0.15, 0.2) is 11.3 Å². The van der Waals surface area contributed by atoms with E-state index >= 15 is 0 Å². The molecule has 0 aliphatic carbocycles. The fraction of sp³-hybridized carbons (Fsp3) is 0.190. The third-order valence-electron chi connectivity index (χ3n) is 4.40. The Morgan fingerprint density at radius 2 is 2.04 bits per heavy atom. The van der Waals surface area contributed by atoms with Crippen LogP contribution in [0.5, 0.6) is 0 Å². The summed E-state index contributed by atoms with van der Waals surface area (Å²) in [6, 6.07) is 16.0. The van der Waals surface area contributed by atoms with Crippen LogP contribution in [-0.4, -0.2) is 40.9 Å². The van der Waals surface area contributed by atoms with E-state index in [0.29, 0.717) is 31.0 Å². The number of hydrogen-bond acceptors (Lipinski definition) is 5. The van der Waals surface area contributed by atoms with Gasteiger partial charge < -0.3 is 10.1 Å². The molecule has 0 radical (unpaired) electrons. The van der Waals surface area contributed by atoms with Crippen molar-refractivity contribution in [3.8, 4) is 10.4 Å². The molecular weight excluding hydrogens is 372 g/mol. The van der Waals surface area contributed by atoms with Crippen LogP contribution in [0.15, 0.2) is 60.1 Å². The normalized spacial score (nSPS) is 11.0. The van der Waals surface area contributed by atoms with Gasteiger partial charge in [0.1, 0.15) is 0 Å². The summed E-state index contributed by atoms with van der Waals surface area (Å²) in [4.78, 5) is 18.5. The van der Waals surface area contributed by atoms with Crippen molar-refractivity contribution in [2.24, 2.45) is 0 Å². The van der Waals surface area contributed by atoms with Crippen molar-refractivity contribution < 1.29 is 9.53 Å². The molecule has 3 aromatic heterocycles. The van der Waals surface area contributed by atoms with Gasteiger partial charge in [0, 0.05) is 30.3 Å². The van der Waals surface area contributed by atoms with Crippen molar-refractivity contribution in [2.45, 2.75) is 6.54 Å². The number of nitrogens with one attached hydrogen (secondary N) is 1. The Hall–Kier alpha value is -3.03. The fourth-order valence-corrected chi connectivity index (χ4v) is 3.87. The Kier molecular flexibility index (Phi) is 5.45. The number of benzene rings is 1. The van der Waals surface area contributed by atoms with Crippen LogP contribution in [0.3, 0.4) is 0 Å². The number of carbonyl (C=O) groups excluding carboxylic acids is 1. The molecular formula is C21H20N4O2S. The van der Waals surface area contributed by atoms with Crippen LogP contribution < -0.4 is 5.32 Å². The summed E-state index contributed by atoms with van der Waals surface area (Å²) in [5.74, 6) is -0.223. The Morgan fingerprint density at radius 1 is 1.18 bits per heavy atom. The summed E-state index contributed by atoms with van der Waals surface area (Å²) in [6.07, 6.45) is 1.77. The van der Waals surface area contributed by atoms with E-state index in [1.165, 1.54) is 0 Å². The van der Waals surface area contributed by atoms with Crippen LogP contribution >= 0.6 is 11.3 Å². The average Bonchev–Trinajstić information content (AvgIpc) is 3.38. The van der Waals surface area contributed by atoms with E-state index in [0.717, 1.165) is 21.4 Å². The number of thiophene rings is 1. The molecule has 1 aromatic carbocycles. The smallest absolute Gasteiger partial charge is 0.272 e. The average molecular weight is 392 g/mol. The highest BCUT2D eigenvalue weighted by Crippen LogP contribution is 2.33. The van der Waals surface area contributed by atoms with Gasteiger partial charge in [-0.05, 0) is 23.1 Å². The molecule has 0 saturated carbocycles. The first kappa shape index (κ1) is 18.3. The lowest BCUT2D eigenvalue weighted by atomic mass is 10.1. The zero-order chi connectivity index (χ0) is 19.3. The minimum Gasteiger partial charge on any atom is -0.383 e. The second kappa shape index (κ2) is 8.33. The first-order valence-electron chi connectivity index (χ1n) is 8.98. The Bertz CT molecular complexity index is 1070. The molecule has 0 fully saturated rings. The van der Waals surface area contributed by atoms with E-state index in [1.807, 2.05) is 53.9 Å². The third-order valence-corrected chi connectivity index (χ3v) is 5.30. The molecule has 3 heterocycles. The number of amides is 1. The molecule has 0 aliphatic rings. The Labute approximate surface area is 166 Å². The molecule has 142 valence electrons. The molecule has 4 rings (SSSR count). The zero-order valence-electron chi connectivity index (χ0n) is 15.5. The molecule has 1 amide bonds. The molecule has 7 heteroatoms. The van der Waals surface area contributed by atoms with Crippen molar-refractivity contribution in [3.63, 3.8) is 0 Å². The van der Waals surface area contributed by atoms with Gasteiger partial charge in [0.2, 0.25) is 0 Å². The summed E-state index contributed by atoms with van der Waals surface area (Å²) in [7, 11) is 1.61. The maximum absolute atomic E-state index is 12.9. The van der Waals surface area contributed by atoms with Crippen molar-refractivity contribution in [1.82, 2.24) is 20.1 Å². The van der Waals surface area contributed by atoms with Gasteiger partial charge in [-0.15, -0.1) is 11.3 Å². The van der Waals surface area contributed by atoms with E-state index in [2.05, 4.69) is 15.4 Å². The van der Waals surface area contributed by atoms with E-state index < -0.39 is 0 Å². The number of carbonyl (C=O) groups is 1. The van der Waals surface area contributed by atoms with Gasteiger partial charge in [0.05, 0.1) is 18.5 Å². The molecule has 0 atom stereocenters. The third kappa shape index (κ3) is 3.67. The van der Waals surface area contributed by atoms with E-state index in [4.69, 9.17) is 4.74 Å². The molecule has 0 unspecified atom stereocenters. The van der Waals surface area contributed by atoms with Crippen molar-refractivity contribution >= 4 is 28.3 Å². The summed E-state index contributed by atoms with van der Waals surface area (Å²) < 4.78 is 6.83. The van der Waals surface area contributed by atoms with Crippen LogP contribution in [0.4, 0.5) is 0 Å². The van der Waals surface area contributed by atoms with Crippen LogP contribution in [0.1, 0.15) is 16.1 Å². The maximum Gasteiger partial charge on any atom is 0.272 e. The van der Waals surface area contributed by atoms with Crippen LogP contribution in [0.2, 0.25) is 0 Å². The van der Waals surface area contributed by atoms with Gasteiger partial charge >= 0.3 is 0 Å². The fourth-order valence-electron chi connectivity index (χ4n) is 3.11. The largest absolute Gasteiger partial charge is 0.383 e. The monoisotopic (exact) mass is 392 g/mol. The standard InChI is InChI=1S/C21H20N4O2S/c1-27-12-11-23-21(26)19-18-16(17-8-5-13-28-17)9-10-22-20(18)25(24-19)14-15-6-3-2-4-7-15/h2-10,13H,11-12,14H2,1H3,(H,23,26). The molecule has 0 aliphatic heterocycles. The number of aromatic nitrogens is 3. The minimum absolute atomic E-state index is 0.223. The van der Waals surface area contributed by atoms with Crippen molar-refractivity contribution in [1.29, 1.82) is 0 Å². The van der Waals surface area contributed by atoms with Gasteiger partial charge in [0.25, 0.3) is 5.91 Å². The number of pyridine rings is 1. The molecule has 0 saturated heterocycles. The van der Waals surface area contributed by atoms with Crippen LogP contribution in [0.25, 0.3) is 21.5 Å². The Balaban J connectivity index is 1.82. The lowest BCUT2D eigenvalue weighted by Crippen LogP contribution is -2.27. The van der Waals surface area contributed by atoms with E-state index in [1.54, 1.807) is 29.3 Å². The van der Waals surface area contributed by atoms with Gasteiger partial charge in [-0.3, -0.25) is 4.79 Å². The second-order valence-electron chi connectivity index (χ2n) is 6.27. The second-order valence-corrected chi connectivity index (χ2v) is 7.22. The van der Waals surface area contributed by atoms with Crippen LogP contribution in [-0.2, 0) is 11.3 Å². The minimum atomic E-state index is -0.223. The molecule has 1 N–H and O–H groups in total. The number of fused-ring (bicyclic) bond motifs is 1. The highest BCUT2D eigenvalue weighted by atomic mass is 32.1. The summed E-state index contributed by atoms with van der Waals surface area (Å²) in [5.41, 5.74) is 3.16. The SMILES string of the molecule is COCCNC(=O)c1nn(Cc2ccccc2)c2nccc(-c3cccs3)c12. The quantitative estimate of drug-likeness (QED) is 0.488. The van der Waals surface area contributed by atoms with Crippen LogP contribution in [0, 0.1) is 0 Å². The first-order valence-corrected chi connectivity index (χ1v) is 9.86. The van der Waals surface area contributed by atoms with Gasteiger partial charge in [-0.2, -0.15) is 5.10 Å². The predicted octanol–water partition coefficient (Wildman–Crippen LogP) is 3.58. The number of hydrogen-bond donors (Lipinski definition) is 1. The maximum atomic E-state index is 12.9. The summed E-state index contributed by atoms with van der Waals surface area (Å²) in [6.45, 7) is 1.42. The molecule has 0 spiro atoms. The Morgan fingerprint density at radius 3 is 2.79 bits per heavy atom. The lowest BCUT2D eigenvalue weighted by molar-refractivity contribution is 0.0933. The summed E-state index contributed by atoms with van der Waals surface area (Å²) in [5, 5.41) is 10.3. The van der Waals surface area contributed by atoms with E-state index in [-0.39, 0.29) is 5.91 Å². The highest BCUT2D eigenvalue weighted by Gasteiger charge is 2.22. The molecule has 6 nitrogen and oxygen atoms in total. The molecule has 28 heavy (non-hydrogen) atoms.